The highest BCUT2D eigenvalue weighted by atomic mass is 32.5. The maximum Gasteiger partial charge on any atom is 0.343 e. The van der Waals surface area contributed by atoms with Crippen LogP contribution in [0.1, 0.15) is 93.0 Å². The Morgan fingerprint density at radius 2 is 1.39 bits per heavy atom. The number of rotatable bonds is 12. The summed E-state index contributed by atoms with van der Waals surface area (Å²) < 4.78 is 75.2. The van der Waals surface area contributed by atoms with Crippen LogP contribution in [-0.4, -0.2) is 18.7 Å². The van der Waals surface area contributed by atoms with E-state index in [1.807, 2.05) is 12.1 Å². The van der Waals surface area contributed by atoms with Gasteiger partial charge >= 0.3 is 16.2 Å². The van der Waals surface area contributed by atoms with E-state index in [1.54, 1.807) is 12.1 Å². The Balaban J connectivity index is 1.44. The number of carbonyl (C=O) groups excluding carboxylic acids is 1. The van der Waals surface area contributed by atoms with Crippen molar-refractivity contribution in [3.8, 4) is 5.75 Å². The minimum atomic E-state index is -9.76. The van der Waals surface area contributed by atoms with Gasteiger partial charge in [0, 0.05) is 6.61 Å². The lowest BCUT2D eigenvalue weighted by Gasteiger charge is -2.40. The van der Waals surface area contributed by atoms with Crippen molar-refractivity contribution < 1.29 is 33.7 Å². The number of esters is 1. The van der Waals surface area contributed by atoms with Crippen molar-refractivity contribution in [1.82, 2.24) is 0 Å². The summed E-state index contributed by atoms with van der Waals surface area (Å²) in [6, 6.07) is 8.82. The minimum absolute atomic E-state index is 0.223. The maximum atomic E-state index is 12.8. The molecular formula is C27H35F5O3S. The molecule has 202 valence electrons. The number of benzene rings is 2. The summed E-state index contributed by atoms with van der Waals surface area (Å²) in [4.78, 5) is 10.3. The molecule has 0 radical (unpaired) electrons. The van der Waals surface area contributed by atoms with Gasteiger partial charge in [-0.15, -0.1) is 0 Å². The zero-order chi connectivity index (χ0) is 26.3. The molecule has 0 bridgehead atoms. The van der Waals surface area contributed by atoms with E-state index in [1.165, 1.54) is 32.1 Å². The summed E-state index contributed by atoms with van der Waals surface area (Å²) in [7, 11) is -9.76. The van der Waals surface area contributed by atoms with Gasteiger partial charge in [-0.3, -0.25) is 0 Å². The maximum absolute atomic E-state index is 12.8. The first kappa shape index (κ1) is 28.4. The van der Waals surface area contributed by atoms with Crippen LogP contribution in [0.2, 0.25) is 0 Å². The number of halogens is 5. The quantitative estimate of drug-likeness (QED) is 0.118. The van der Waals surface area contributed by atoms with E-state index in [4.69, 9.17) is 9.47 Å². The fourth-order valence-electron chi connectivity index (χ4n) is 4.52. The van der Waals surface area contributed by atoms with Gasteiger partial charge in [0.15, 0.2) is 0 Å². The topological polar surface area (TPSA) is 35.5 Å². The third kappa shape index (κ3) is 8.76. The van der Waals surface area contributed by atoms with E-state index < -0.39 is 21.1 Å². The van der Waals surface area contributed by atoms with Crippen LogP contribution in [-0.2, 0) is 4.74 Å². The van der Waals surface area contributed by atoms with Crippen LogP contribution in [0.4, 0.5) is 19.4 Å². The molecule has 1 saturated carbocycles. The summed E-state index contributed by atoms with van der Waals surface area (Å²) in [5.74, 6) is -0.633. The van der Waals surface area contributed by atoms with E-state index in [0.29, 0.717) is 24.2 Å². The summed E-state index contributed by atoms with van der Waals surface area (Å²) in [6.45, 7) is 3.03. The van der Waals surface area contributed by atoms with Gasteiger partial charge in [0.25, 0.3) is 0 Å². The monoisotopic (exact) mass is 534 g/mol. The Labute approximate surface area is 210 Å². The molecule has 1 aliphatic carbocycles. The fraction of sp³-hybridized carbons (Fsp3) is 0.519. The Bertz CT molecular complexity index is 984. The van der Waals surface area contributed by atoms with Crippen molar-refractivity contribution in [3.63, 3.8) is 0 Å². The first-order valence-corrected chi connectivity index (χ1v) is 14.6. The average Bonchev–Trinajstić information content (AvgIpc) is 2.83. The molecule has 0 spiro atoms. The van der Waals surface area contributed by atoms with Crippen molar-refractivity contribution in [2.45, 2.75) is 88.0 Å². The predicted molar refractivity (Wildman–Crippen MR) is 134 cm³/mol. The van der Waals surface area contributed by atoms with Gasteiger partial charge < -0.3 is 9.47 Å². The summed E-state index contributed by atoms with van der Waals surface area (Å²) >= 11 is 0. The van der Waals surface area contributed by atoms with Crippen LogP contribution in [0.25, 0.3) is 0 Å². The standard InChI is InChI=1S/C27H35F5O3S/c1-2-3-4-5-6-7-20-34-24-14-12-22(13-15-24)21-8-10-23(11-9-21)27(33)35-25-16-18-26(19-17-25)36(28,29,30,31)32/h8-11,16-19,22,24H,2-7,12-15,20H2,1H3. The van der Waals surface area contributed by atoms with Gasteiger partial charge in [0.2, 0.25) is 0 Å². The Morgan fingerprint density at radius 3 is 1.97 bits per heavy atom. The highest BCUT2D eigenvalue weighted by Gasteiger charge is 2.65. The number of unbranched alkanes of at least 4 members (excludes halogenated alkanes) is 5. The molecule has 0 aromatic heterocycles. The molecule has 9 heteroatoms. The molecule has 0 N–H and O–H groups in total. The molecule has 0 unspecified atom stereocenters. The van der Waals surface area contributed by atoms with E-state index in [0.717, 1.165) is 44.3 Å². The molecule has 0 saturated heterocycles. The number of ether oxygens (including phenoxy) is 2. The normalized spacial score (nSPS) is 20.4. The molecule has 3 rings (SSSR count). The van der Waals surface area contributed by atoms with Crippen LogP contribution >= 0.6 is 10.2 Å². The Morgan fingerprint density at radius 1 is 0.806 bits per heavy atom. The molecule has 1 aliphatic rings. The van der Waals surface area contributed by atoms with Crippen LogP contribution in [0.5, 0.6) is 5.75 Å². The lowest BCUT2D eigenvalue weighted by molar-refractivity contribution is 0.0226. The second-order valence-electron chi connectivity index (χ2n) is 9.56. The SMILES string of the molecule is CCCCCCCCOC1CCC(c2ccc(C(=O)Oc3ccc(S(F)(F)(F)(F)F)cc3)cc2)CC1. The molecule has 36 heavy (non-hydrogen) atoms. The van der Waals surface area contributed by atoms with Crippen molar-refractivity contribution >= 4 is 16.2 Å². The molecule has 2 aromatic carbocycles. The number of hydrogen-bond acceptors (Lipinski definition) is 3. The first-order chi connectivity index (χ1) is 16.9. The average molecular weight is 535 g/mol. The molecule has 1 fully saturated rings. The molecule has 0 aliphatic heterocycles. The number of hydrogen-bond donors (Lipinski definition) is 0. The fourth-order valence-corrected chi connectivity index (χ4v) is 5.17. The summed E-state index contributed by atoms with van der Waals surface area (Å²) in [6.07, 6.45) is 11.8. The van der Waals surface area contributed by atoms with E-state index in [2.05, 4.69) is 6.92 Å². The first-order valence-electron chi connectivity index (χ1n) is 12.6. The minimum Gasteiger partial charge on any atom is -0.423 e. The second-order valence-corrected chi connectivity index (χ2v) is 12.0. The van der Waals surface area contributed by atoms with Gasteiger partial charge in [-0.1, -0.05) is 70.6 Å². The van der Waals surface area contributed by atoms with Crippen molar-refractivity contribution in [2.75, 3.05) is 6.61 Å². The van der Waals surface area contributed by atoms with Gasteiger partial charge in [-0.2, -0.15) is 0 Å². The lowest BCUT2D eigenvalue weighted by atomic mass is 9.82. The predicted octanol–water partition coefficient (Wildman–Crippen LogP) is 9.97. The third-order valence-electron chi connectivity index (χ3n) is 6.62. The van der Waals surface area contributed by atoms with Gasteiger partial charge in [-0.05, 0) is 80.0 Å². The van der Waals surface area contributed by atoms with Gasteiger partial charge in [0.05, 0.1) is 11.7 Å². The lowest BCUT2D eigenvalue weighted by Crippen LogP contribution is -2.21. The van der Waals surface area contributed by atoms with Gasteiger partial charge in [-0.25, -0.2) is 4.79 Å². The van der Waals surface area contributed by atoms with Crippen molar-refractivity contribution in [1.29, 1.82) is 0 Å². The molecule has 2 aromatic rings. The van der Waals surface area contributed by atoms with Crippen molar-refractivity contribution in [3.05, 3.63) is 59.7 Å². The van der Waals surface area contributed by atoms with Gasteiger partial charge in [0.1, 0.15) is 10.6 Å². The Hall–Kier alpha value is -2.13. The second kappa shape index (κ2) is 11.1. The molecule has 0 amide bonds. The smallest absolute Gasteiger partial charge is 0.343 e. The van der Waals surface area contributed by atoms with Crippen LogP contribution < -0.4 is 4.74 Å². The van der Waals surface area contributed by atoms with Crippen LogP contribution in [0.15, 0.2) is 53.4 Å². The largest absolute Gasteiger partial charge is 0.423 e. The zero-order valence-electron chi connectivity index (χ0n) is 20.6. The molecule has 3 nitrogen and oxygen atoms in total. The third-order valence-corrected chi connectivity index (χ3v) is 7.79. The highest BCUT2D eigenvalue weighted by Crippen LogP contribution is 3.02. The molecule has 0 heterocycles. The van der Waals surface area contributed by atoms with E-state index >= 15 is 0 Å². The summed E-state index contributed by atoms with van der Waals surface area (Å²) in [5, 5.41) is 0. The van der Waals surface area contributed by atoms with E-state index in [-0.39, 0.29) is 23.4 Å². The van der Waals surface area contributed by atoms with Crippen LogP contribution in [0.3, 0.4) is 0 Å². The molecule has 0 atom stereocenters. The van der Waals surface area contributed by atoms with Crippen molar-refractivity contribution in [2.24, 2.45) is 0 Å². The highest BCUT2D eigenvalue weighted by molar-refractivity contribution is 8.45. The molecular weight excluding hydrogens is 499 g/mol. The zero-order valence-corrected chi connectivity index (χ0v) is 21.4. The number of carbonyl (C=O) groups is 1. The van der Waals surface area contributed by atoms with E-state index in [9.17, 15) is 24.2 Å². The summed E-state index contributed by atoms with van der Waals surface area (Å²) in [5.41, 5.74) is 1.34. The Kier molecular flexibility index (Phi) is 8.76. The van der Waals surface area contributed by atoms with Crippen LogP contribution in [0, 0.1) is 0 Å².